The first kappa shape index (κ1) is 9.19. The maximum Gasteiger partial charge on any atom is 0.0960 e. The summed E-state index contributed by atoms with van der Waals surface area (Å²) in [7, 11) is 0. The van der Waals surface area contributed by atoms with Crippen LogP contribution in [0.5, 0.6) is 0 Å². The third kappa shape index (κ3) is 2.10. The number of aromatic nitrogens is 1. The van der Waals surface area contributed by atoms with Crippen LogP contribution in [0.15, 0.2) is 24.5 Å². The minimum atomic E-state index is 0.785. The van der Waals surface area contributed by atoms with Crippen LogP contribution in [0.3, 0.4) is 0 Å². The number of likely N-dealkylation sites (tertiary alicyclic amines) is 1. The molecule has 3 nitrogen and oxygen atoms in total. The van der Waals surface area contributed by atoms with Crippen LogP contribution >= 0.6 is 0 Å². The van der Waals surface area contributed by atoms with Gasteiger partial charge < -0.3 is 4.90 Å². The predicted molar refractivity (Wildman–Crippen MR) is 56.2 cm³/mol. The maximum absolute atomic E-state index is 7.81. The number of pyridine rings is 1. The van der Waals surface area contributed by atoms with E-state index in [2.05, 4.69) is 9.88 Å². The second-order valence-corrected chi connectivity index (χ2v) is 3.68. The van der Waals surface area contributed by atoms with Crippen molar-refractivity contribution in [1.29, 1.82) is 5.41 Å². The van der Waals surface area contributed by atoms with Crippen molar-refractivity contribution in [2.24, 2.45) is 0 Å². The maximum atomic E-state index is 7.81. The average molecular weight is 189 g/mol. The molecule has 0 spiro atoms. The van der Waals surface area contributed by atoms with Crippen molar-refractivity contribution in [3.63, 3.8) is 0 Å². The highest BCUT2D eigenvalue weighted by Gasteiger charge is 2.14. The molecule has 0 amide bonds. The fraction of sp³-hybridized carbons (Fsp3) is 0.455. The summed E-state index contributed by atoms with van der Waals surface area (Å²) in [6.07, 6.45) is 6.94. The third-order valence-corrected chi connectivity index (χ3v) is 2.60. The van der Waals surface area contributed by atoms with E-state index in [0.717, 1.165) is 25.3 Å². The summed E-state index contributed by atoms with van der Waals surface area (Å²) in [6.45, 7) is 1.89. The van der Waals surface area contributed by atoms with E-state index in [1.807, 2.05) is 24.5 Å². The van der Waals surface area contributed by atoms with Gasteiger partial charge in [0.2, 0.25) is 0 Å². The van der Waals surface area contributed by atoms with Gasteiger partial charge in [-0.3, -0.25) is 10.4 Å². The van der Waals surface area contributed by atoms with Crippen molar-refractivity contribution in [2.45, 2.75) is 25.8 Å². The fourth-order valence-electron chi connectivity index (χ4n) is 1.77. The zero-order chi connectivity index (χ0) is 9.80. The van der Waals surface area contributed by atoms with Crippen LogP contribution in [0.1, 0.15) is 24.8 Å². The molecule has 0 bridgehead atoms. The van der Waals surface area contributed by atoms with Crippen LogP contribution in [0.4, 0.5) is 0 Å². The number of amidine groups is 1. The summed E-state index contributed by atoms with van der Waals surface area (Å²) in [5, 5.41) is 7.81. The van der Waals surface area contributed by atoms with Gasteiger partial charge in [0.05, 0.1) is 5.84 Å². The number of rotatable bonds is 2. The van der Waals surface area contributed by atoms with Crippen molar-refractivity contribution in [3.8, 4) is 0 Å². The molecule has 1 aromatic heterocycles. The van der Waals surface area contributed by atoms with E-state index in [9.17, 15) is 0 Å². The summed E-state index contributed by atoms with van der Waals surface area (Å²) in [5.41, 5.74) is 1.24. The van der Waals surface area contributed by atoms with E-state index in [4.69, 9.17) is 5.41 Å². The van der Waals surface area contributed by atoms with Crippen molar-refractivity contribution in [3.05, 3.63) is 30.1 Å². The minimum absolute atomic E-state index is 0.785. The lowest BCUT2D eigenvalue weighted by Gasteiger charge is -2.29. The van der Waals surface area contributed by atoms with E-state index >= 15 is 0 Å². The normalized spacial score (nSPS) is 17.1. The van der Waals surface area contributed by atoms with Crippen LogP contribution in [0.2, 0.25) is 0 Å². The molecular weight excluding hydrogens is 174 g/mol. The Labute approximate surface area is 84.3 Å². The first-order valence-electron chi connectivity index (χ1n) is 5.07. The standard InChI is InChI=1S/C11H15N3/c12-11-3-1-2-8-14(11)9-10-4-6-13-7-5-10/h4-7,12H,1-3,8-9H2. The van der Waals surface area contributed by atoms with Crippen LogP contribution in [-0.2, 0) is 6.54 Å². The Hall–Kier alpha value is -1.38. The molecule has 0 atom stereocenters. The van der Waals surface area contributed by atoms with E-state index in [0.29, 0.717) is 0 Å². The van der Waals surface area contributed by atoms with Gasteiger partial charge in [-0.2, -0.15) is 0 Å². The molecule has 1 N–H and O–H groups in total. The number of nitrogens with zero attached hydrogens (tertiary/aromatic N) is 2. The van der Waals surface area contributed by atoms with Gasteiger partial charge in [0.15, 0.2) is 0 Å². The number of piperidine rings is 1. The Balaban J connectivity index is 2.00. The lowest BCUT2D eigenvalue weighted by Crippen LogP contribution is -2.34. The second-order valence-electron chi connectivity index (χ2n) is 3.68. The lowest BCUT2D eigenvalue weighted by molar-refractivity contribution is 0.361. The van der Waals surface area contributed by atoms with Gasteiger partial charge in [0.1, 0.15) is 0 Å². The number of nitrogens with one attached hydrogen (secondary N) is 1. The molecular formula is C11H15N3. The van der Waals surface area contributed by atoms with Crippen molar-refractivity contribution < 1.29 is 0 Å². The largest absolute Gasteiger partial charge is 0.356 e. The highest BCUT2D eigenvalue weighted by Crippen LogP contribution is 2.13. The zero-order valence-corrected chi connectivity index (χ0v) is 8.24. The lowest BCUT2D eigenvalue weighted by atomic mass is 10.1. The fourth-order valence-corrected chi connectivity index (χ4v) is 1.77. The van der Waals surface area contributed by atoms with Crippen molar-refractivity contribution in [1.82, 2.24) is 9.88 Å². The Bertz CT molecular complexity index is 308. The molecule has 3 heteroatoms. The topological polar surface area (TPSA) is 40.0 Å². The Kier molecular flexibility index (Phi) is 2.77. The van der Waals surface area contributed by atoms with E-state index < -0.39 is 0 Å². The Morgan fingerprint density at radius 3 is 2.79 bits per heavy atom. The molecule has 1 aliphatic rings. The molecule has 0 unspecified atom stereocenters. The van der Waals surface area contributed by atoms with Crippen molar-refractivity contribution >= 4 is 5.84 Å². The first-order chi connectivity index (χ1) is 6.86. The molecule has 0 aromatic carbocycles. The molecule has 1 aliphatic heterocycles. The van der Waals surface area contributed by atoms with Gasteiger partial charge in [-0.25, -0.2) is 0 Å². The molecule has 2 rings (SSSR count). The number of hydrogen-bond donors (Lipinski definition) is 1. The quantitative estimate of drug-likeness (QED) is 0.773. The molecule has 14 heavy (non-hydrogen) atoms. The summed E-state index contributed by atoms with van der Waals surface area (Å²) in [6, 6.07) is 4.03. The van der Waals surface area contributed by atoms with E-state index in [1.54, 1.807) is 0 Å². The first-order valence-corrected chi connectivity index (χ1v) is 5.07. The van der Waals surface area contributed by atoms with Crippen LogP contribution < -0.4 is 0 Å². The second kappa shape index (κ2) is 4.22. The number of hydrogen-bond acceptors (Lipinski definition) is 2. The predicted octanol–water partition coefficient (Wildman–Crippen LogP) is 2.04. The highest BCUT2D eigenvalue weighted by molar-refractivity contribution is 5.79. The van der Waals surface area contributed by atoms with Gasteiger partial charge in [0, 0.05) is 31.9 Å². The van der Waals surface area contributed by atoms with Gasteiger partial charge in [-0.15, -0.1) is 0 Å². The minimum Gasteiger partial charge on any atom is -0.356 e. The summed E-state index contributed by atoms with van der Waals surface area (Å²) in [5.74, 6) is 0.785. The third-order valence-electron chi connectivity index (χ3n) is 2.60. The van der Waals surface area contributed by atoms with E-state index in [1.165, 1.54) is 18.4 Å². The molecule has 0 saturated carbocycles. The van der Waals surface area contributed by atoms with Crippen molar-refractivity contribution in [2.75, 3.05) is 6.54 Å². The van der Waals surface area contributed by atoms with Gasteiger partial charge in [0.25, 0.3) is 0 Å². The van der Waals surface area contributed by atoms with Crippen LogP contribution in [0, 0.1) is 5.41 Å². The molecule has 0 aliphatic carbocycles. The molecule has 1 saturated heterocycles. The Morgan fingerprint density at radius 1 is 1.29 bits per heavy atom. The molecule has 1 aromatic rings. The molecule has 1 fully saturated rings. The highest BCUT2D eigenvalue weighted by atomic mass is 15.2. The zero-order valence-electron chi connectivity index (χ0n) is 8.24. The SMILES string of the molecule is N=C1CCCCN1Cc1ccncc1. The average Bonchev–Trinajstić information content (AvgIpc) is 2.23. The van der Waals surface area contributed by atoms with Gasteiger partial charge in [-0.05, 0) is 30.5 Å². The Morgan fingerprint density at radius 2 is 2.07 bits per heavy atom. The van der Waals surface area contributed by atoms with E-state index in [-0.39, 0.29) is 0 Å². The summed E-state index contributed by atoms with van der Waals surface area (Å²) >= 11 is 0. The smallest absolute Gasteiger partial charge is 0.0960 e. The van der Waals surface area contributed by atoms with Crippen LogP contribution in [0.25, 0.3) is 0 Å². The molecule has 2 heterocycles. The molecule has 74 valence electrons. The monoisotopic (exact) mass is 189 g/mol. The van der Waals surface area contributed by atoms with Gasteiger partial charge in [-0.1, -0.05) is 0 Å². The van der Waals surface area contributed by atoms with Gasteiger partial charge >= 0.3 is 0 Å². The molecule has 0 radical (unpaired) electrons. The van der Waals surface area contributed by atoms with Crippen LogP contribution in [-0.4, -0.2) is 22.3 Å². The summed E-state index contributed by atoms with van der Waals surface area (Å²) < 4.78 is 0. The summed E-state index contributed by atoms with van der Waals surface area (Å²) in [4.78, 5) is 6.14.